The van der Waals surface area contributed by atoms with Crippen LogP contribution in [0.15, 0.2) is 88.9 Å². The van der Waals surface area contributed by atoms with Crippen molar-refractivity contribution in [1.82, 2.24) is 4.98 Å². The molecule has 184 valence electrons. The monoisotopic (exact) mass is 568 g/mol. The van der Waals surface area contributed by atoms with Crippen molar-refractivity contribution in [2.45, 2.75) is 0 Å². The maximum absolute atomic E-state index is 13.0. The van der Waals surface area contributed by atoms with Crippen molar-refractivity contribution < 1.29 is 14.4 Å². The molecule has 0 spiro atoms. The average Bonchev–Trinajstić information content (AvgIpc) is 3.45. The summed E-state index contributed by atoms with van der Waals surface area (Å²) in [5.74, 6) is -1.75. The van der Waals surface area contributed by atoms with Gasteiger partial charge in [-0.2, -0.15) is 0 Å². The van der Waals surface area contributed by atoms with Gasteiger partial charge in [-0.05, 0) is 42.5 Å². The smallest absolute Gasteiger partial charge is 0.283 e. The van der Waals surface area contributed by atoms with Crippen LogP contribution in [0, 0.1) is 0 Å². The summed E-state index contributed by atoms with van der Waals surface area (Å²) in [6.07, 6.45) is 0. The minimum absolute atomic E-state index is 0.115. The van der Waals surface area contributed by atoms with Crippen molar-refractivity contribution in [3.63, 3.8) is 0 Å². The van der Waals surface area contributed by atoms with Gasteiger partial charge in [0.15, 0.2) is 5.13 Å². The summed E-state index contributed by atoms with van der Waals surface area (Å²) in [6, 6.07) is 20.4. The molecule has 0 fully saturated rings. The van der Waals surface area contributed by atoms with E-state index >= 15 is 0 Å². The predicted octanol–water partition coefficient (Wildman–Crippen LogP) is 6.80. The Bertz CT molecular complexity index is 1570. The van der Waals surface area contributed by atoms with Gasteiger partial charge in [0.2, 0.25) is 0 Å². The number of nitrogens with zero attached hydrogens (tertiary/aromatic N) is 2. The number of benzene rings is 3. The predicted molar refractivity (Wildman–Crippen MR) is 147 cm³/mol. The standard InChI is InChI=1S/C26H15Cl3N4O3S/c27-16-8-11-18(28)20(12-16)33-24(35)21(29)22(25(33)36)30-17-9-6-15(7-10-17)23(34)32-26-31-19(13-37-26)14-4-2-1-3-5-14/h1-13,30H,(H,31,32,34). The van der Waals surface area contributed by atoms with Crippen LogP contribution in [-0.4, -0.2) is 22.7 Å². The van der Waals surface area contributed by atoms with Gasteiger partial charge in [0.05, 0.1) is 16.4 Å². The van der Waals surface area contributed by atoms with Crippen molar-refractivity contribution in [3.05, 3.63) is 105 Å². The van der Waals surface area contributed by atoms with Crippen LogP contribution in [0.3, 0.4) is 0 Å². The number of aromatic nitrogens is 1. The lowest BCUT2D eigenvalue weighted by Gasteiger charge is -2.17. The zero-order valence-corrected chi connectivity index (χ0v) is 21.8. The number of nitrogens with one attached hydrogen (secondary N) is 2. The first-order valence-electron chi connectivity index (χ1n) is 10.7. The van der Waals surface area contributed by atoms with Gasteiger partial charge in [0, 0.05) is 27.2 Å². The average molecular weight is 570 g/mol. The van der Waals surface area contributed by atoms with Crippen LogP contribution >= 0.6 is 46.1 Å². The second-order valence-corrected chi connectivity index (χ2v) is 9.87. The van der Waals surface area contributed by atoms with Crippen LogP contribution in [0.4, 0.5) is 16.5 Å². The first kappa shape index (κ1) is 25.0. The van der Waals surface area contributed by atoms with Gasteiger partial charge in [-0.25, -0.2) is 9.88 Å². The van der Waals surface area contributed by atoms with Crippen LogP contribution in [0.2, 0.25) is 10.0 Å². The van der Waals surface area contributed by atoms with Gasteiger partial charge >= 0.3 is 0 Å². The molecule has 1 aromatic heterocycles. The van der Waals surface area contributed by atoms with Crippen molar-refractivity contribution in [1.29, 1.82) is 0 Å². The molecule has 11 heteroatoms. The van der Waals surface area contributed by atoms with Crippen molar-refractivity contribution >= 4 is 80.4 Å². The van der Waals surface area contributed by atoms with Crippen LogP contribution in [-0.2, 0) is 9.59 Å². The highest BCUT2D eigenvalue weighted by atomic mass is 35.5. The van der Waals surface area contributed by atoms with Gasteiger partial charge in [0.25, 0.3) is 17.7 Å². The summed E-state index contributed by atoms with van der Waals surface area (Å²) in [5, 5.41) is 8.17. The number of rotatable bonds is 6. The zero-order valence-electron chi connectivity index (χ0n) is 18.7. The number of halogens is 3. The highest BCUT2D eigenvalue weighted by molar-refractivity contribution is 7.14. The molecule has 7 nitrogen and oxygen atoms in total. The fourth-order valence-electron chi connectivity index (χ4n) is 3.58. The number of imide groups is 1. The van der Waals surface area contributed by atoms with Gasteiger partial charge < -0.3 is 5.32 Å². The molecule has 1 aliphatic heterocycles. The van der Waals surface area contributed by atoms with E-state index in [2.05, 4.69) is 15.6 Å². The van der Waals surface area contributed by atoms with E-state index in [1.165, 1.54) is 23.5 Å². The summed E-state index contributed by atoms with van der Waals surface area (Å²) >= 11 is 19.7. The normalized spacial score (nSPS) is 13.3. The Balaban J connectivity index is 1.28. The van der Waals surface area contributed by atoms with E-state index in [9.17, 15) is 14.4 Å². The van der Waals surface area contributed by atoms with E-state index in [-0.39, 0.29) is 27.3 Å². The van der Waals surface area contributed by atoms with Gasteiger partial charge in [-0.3, -0.25) is 19.7 Å². The molecule has 3 aromatic carbocycles. The molecule has 0 unspecified atom stereocenters. The fraction of sp³-hybridized carbons (Fsp3) is 0. The molecule has 0 bridgehead atoms. The van der Waals surface area contributed by atoms with Gasteiger partial charge in [-0.15, -0.1) is 11.3 Å². The summed E-state index contributed by atoms with van der Waals surface area (Å²) < 4.78 is 0. The number of hydrogen-bond acceptors (Lipinski definition) is 6. The number of carbonyl (C=O) groups is 3. The third-order valence-corrected chi connectivity index (χ3v) is 7.05. The maximum Gasteiger partial charge on any atom is 0.283 e. The number of carbonyl (C=O) groups excluding carboxylic acids is 3. The molecule has 0 radical (unpaired) electrons. The third-order valence-electron chi connectivity index (χ3n) is 5.39. The molecule has 0 saturated heterocycles. The third kappa shape index (κ3) is 5.10. The summed E-state index contributed by atoms with van der Waals surface area (Å²) in [7, 11) is 0. The topological polar surface area (TPSA) is 91.4 Å². The fourth-order valence-corrected chi connectivity index (χ4v) is 4.87. The molecular weight excluding hydrogens is 555 g/mol. The Kier molecular flexibility index (Phi) is 6.99. The second-order valence-electron chi connectivity index (χ2n) is 7.79. The Labute approximate surface area is 230 Å². The molecule has 4 aromatic rings. The summed E-state index contributed by atoms with van der Waals surface area (Å²) in [6.45, 7) is 0. The minimum atomic E-state index is -0.729. The van der Waals surface area contributed by atoms with E-state index in [4.69, 9.17) is 34.8 Å². The van der Waals surface area contributed by atoms with Gasteiger partial charge in [-0.1, -0.05) is 65.1 Å². The van der Waals surface area contributed by atoms with Gasteiger partial charge in [0.1, 0.15) is 10.7 Å². The molecule has 0 aliphatic carbocycles. The lowest BCUT2D eigenvalue weighted by molar-refractivity contribution is -0.120. The number of amides is 3. The Morgan fingerprint density at radius 3 is 2.35 bits per heavy atom. The Morgan fingerprint density at radius 2 is 1.62 bits per heavy atom. The molecule has 3 amide bonds. The first-order valence-corrected chi connectivity index (χ1v) is 12.8. The number of anilines is 3. The largest absolute Gasteiger partial charge is 0.350 e. The SMILES string of the molecule is O=C(Nc1nc(-c2ccccc2)cs1)c1ccc(NC2=C(Cl)C(=O)N(c3cc(Cl)ccc3Cl)C2=O)cc1. The van der Waals surface area contributed by atoms with Crippen molar-refractivity contribution in [2.24, 2.45) is 0 Å². The summed E-state index contributed by atoms with van der Waals surface area (Å²) in [4.78, 5) is 43.7. The zero-order chi connectivity index (χ0) is 26.1. The molecule has 37 heavy (non-hydrogen) atoms. The van der Waals surface area contributed by atoms with Crippen LogP contribution in [0.25, 0.3) is 11.3 Å². The lowest BCUT2D eigenvalue weighted by Crippen LogP contribution is -2.32. The van der Waals surface area contributed by atoms with E-state index in [1.807, 2.05) is 35.7 Å². The quantitative estimate of drug-likeness (QED) is 0.249. The highest BCUT2D eigenvalue weighted by Crippen LogP contribution is 2.36. The molecular formula is C26H15Cl3N4O3S. The molecule has 0 saturated carbocycles. The molecule has 2 heterocycles. The molecule has 5 rings (SSSR count). The van der Waals surface area contributed by atoms with E-state index < -0.39 is 11.8 Å². The minimum Gasteiger partial charge on any atom is -0.350 e. The van der Waals surface area contributed by atoms with E-state index in [0.29, 0.717) is 21.4 Å². The maximum atomic E-state index is 13.0. The Hall–Kier alpha value is -3.69. The van der Waals surface area contributed by atoms with Crippen molar-refractivity contribution in [3.8, 4) is 11.3 Å². The first-order chi connectivity index (χ1) is 17.8. The van der Waals surface area contributed by atoms with E-state index in [0.717, 1.165) is 16.2 Å². The number of thiazole rings is 1. The van der Waals surface area contributed by atoms with Crippen molar-refractivity contribution in [2.75, 3.05) is 15.5 Å². The van der Waals surface area contributed by atoms with Crippen LogP contribution in [0.5, 0.6) is 0 Å². The second kappa shape index (κ2) is 10.4. The summed E-state index contributed by atoms with van der Waals surface area (Å²) in [5.41, 5.74) is 2.57. The van der Waals surface area contributed by atoms with Crippen LogP contribution < -0.4 is 15.5 Å². The lowest BCUT2D eigenvalue weighted by atomic mass is 10.2. The molecule has 1 aliphatic rings. The number of hydrogen-bond donors (Lipinski definition) is 2. The Morgan fingerprint density at radius 1 is 0.892 bits per heavy atom. The molecule has 0 atom stereocenters. The van der Waals surface area contributed by atoms with E-state index in [1.54, 1.807) is 30.3 Å². The highest BCUT2D eigenvalue weighted by Gasteiger charge is 2.40. The van der Waals surface area contributed by atoms with Crippen LogP contribution in [0.1, 0.15) is 10.4 Å². The molecule has 2 N–H and O–H groups in total.